The number of methoxy groups -OCH3 is 2. The summed E-state index contributed by atoms with van der Waals surface area (Å²) in [5.74, 6) is 2.36. The van der Waals surface area contributed by atoms with E-state index in [1.807, 2.05) is 54.6 Å². The first-order valence-electron chi connectivity index (χ1n) is 14.8. The molecule has 3 aliphatic heterocycles. The summed E-state index contributed by atoms with van der Waals surface area (Å²) in [6.45, 7) is 1.21. The number of hydrogen-bond donors (Lipinski definition) is 2. The Kier molecular flexibility index (Phi) is 8.68. The van der Waals surface area contributed by atoms with Crippen LogP contribution < -0.4 is 29.8 Å². The van der Waals surface area contributed by atoms with Gasteiger partial charge in [-0.2, -0.15) is 0 Å². The van der Waals surface area contributed by atoms with Crippen molar-refractivity contribution in [2.75, 3.05) is 33.9 Å². The number of benzene rings is 3. The molecule has 2 amide bonds. The summed E-state index contributed by atoms with van der Waals surface area (Å²) in [4.78, 5) is 46.5. The minimum atomic E-state index is -0.542. The smallest absolute Gasteiger partial charge is 0.274 e. The van der Waals surface area contributed by atoms with Crippen LogP contribution in [-0.2, 0) is 17.6 Å². The lowest BCUT2D eigenvalue weighted by Gasteiger charge is -2.38. The minimum absolute atomic E-state index is 0.0380. The number of carbonyl (C=O) groups is 2. The molecule has 4 heterocycles. The van der Waals surface area contributed by atoms with Crippen molar-refractivity contribution < 1.29 is 28.5 Å². The van der Waals surface area contributed by atoms with Gasteiger partial charge in [-0.15, -0.1) is 0 Å². The molecule has 0 aliphatic carbocycles. The minimum Gasteiger partial charge on any atom is -0.493 e. The molecule has 0 fully saturated rings. The van der Waals surface area contributed by atoms with Crippen LogP contribution in [0.2, 0.25) is 0 Å². The summed E-state index contributed by atoms with van der Waals surface area (Å²) in [6.07, 6.45) is 4.50. The molecule has 11 nitrogen and oxygen atoms in total. The van der Waals surface area contributed by atoms with Gasteiger partial charge in [0, 0.05) is 25.7 Å². The van der Waals surface area contributed by atoms with Crippen LogP contribution in [0.25, 0.3) is 0 Å². The Morgan fingerprint density at radius 3 is 2.64 bits per heavy atom. The lowest BCUT2D eigenvalue weighted by atomic mass is 9.87. The Morgan fingerprint density at radius 1 is 0.978 bits per heavy atom. The molecule has 232 valence electrons. The zero-order chi connectivity index (χ0) is 31.3. The Bertz CT molecular complexity index is 1770. The van der Waals surface area contributed by atoms with E-state index in [4.69, 9.17) is 18.9 Å². The molecule has 0 radical (unpaired) electrons. The molecule has 11 heteroatoms. The van der Waals surface area contributed by atoms with Crippen LogP contribution >= 0.6 is 0 Å². The average Bonchev–Trinajstić information content (AvgIpc) is 3.06. The number of fused-ring (bicyclic) bond motifs is 8. The second-order valence-corrected chi connectivity index (χ2v) is 10.9. The molecule has 45 heavy (non-hydrogen) atoms. The third kappa shape index (κ3) is 6.47. The number of nitrogens with zero attached hydrogens (tertiary/aromatic N) is 2. The lowest BCUT2D eigenvalue weighted by Crippen LogP contribution is -2.41. The van der Waals surface area contributed by atoms with Crippen molar-refractivity contribution in [1.29, 1.82) is 0 Å². The highest BCUT2D eigenvalue weighted by atomic mass is 16.5. The molecule has 2 N–H and O–H groups in total. The molecule has 0 saturated heterocycles. The fraction of sp³-hybridized carbons (Fsp3) is 0.294. The van der Waals surface area contributed by atoms with Gasteiger partial charge in [-0.25, -0.2) is 4.98 Å². The monoisotopic (exact) mass is 610 g/mol. The second-order valence-electron chi connectivity index (χ2n) is 10.9. The number of H-pyrrole nitrogens is 1. The number of aryl methyl sites for hydroxylation is 1. The zero-order valence-corrected chi connectivity index (χ0v) is 25.1. The van der Waals surface area contributed by atoms with Gasteiger partial charge in [0.15, 0.2) is 23.0 Å². The van der Waals surface area contributed by atoms with Gasteiger partial charge >= 0.3 is 0 Å². The van der Waals surface area contributed by atoms with Crippen molar-refractivity contribution in [3.05, 3.63) is 105 Å². The van der Waals surface area contributed by atoms with Crippen LogP contribution in [0.1, 0.15) is 51.6 Å². The van der Waals surface area contributed by atoms with Crippen LogP contribution in [0.15, 0.2) is 71.8 Å². The van der Waals surface area contributed by atoms with E-state index >= 15 is 0 Å². The highest BCUT2D eigenvalue weighted by Gasteiger charge is 2.35. The number of nitrogens with one attached hydrogen (secondary N) is 2. The molecule has 1 aromatic heterocycles. The number of rotatable bonds is 3. The van der Waals surface area contributed by atoms with Gasteiger partial charge in [0.25, 0.3) is 11.5 Å². The summed E-state index contributed by atoms with van der Waals surface area (Å²) < 4.78 is 23.9. The first-order chi connectivity index (χ1) is 21.9. The van der Waals surface area contributed by atoms with E-state index in [9.17, 15) is 14.4 Å². The van der Waals surface area contributed by atoms with Gasteiger partial charge in [-0.3, -0.25) is 14.4 Å². The molecule has 4 aromatic rings. The Hall–Kier alpha value is -5.32. The molecule has 8 bridgehead atoms. The third-order valence-electron chi connectivity index (χ3n) is 7.98. The summed E-state index contributed by atoms with van der Waals surface area (Å²) >= 11 is 0. The van der Waals surface area contributed by atoms with Gasteiger partial charge in [-0.05, 0) is 77.9 Å². The standard InChI is InChI=1S/C34H34N4O7/c1-42-27-9-8-23-17-29(27)44-14-4-12-35-31(39)10-7-21-5-3-6-24(15-21)45-30-16-22-11-13-38(33(23)25(22)18-28(30)43-2)34(41)26-19-37-32(40)20-36-26/h3,5-6,8-9,15-20,33H,4,7,10-14H2,1-2H3,(H,35,39)(H,37,40). The van der Waals surface area contributed by atoms with Crippen molar-refractivity contribution in [1.82, 2.24) is 20.2 Å². The molecule has 0 spiro atoms. The number of ether oxygens (including phenoxy) is 4. The number of hydrogen-bond acceptors (Lipinski definition) is 8. The van der Waals surface area contributed by atoms with Crippen molar-refractivity contribution in [2.45, 2.75) is 31.7 Å². The van der Waals surface area contributed by atoms with Crippen LogP contribution in [0, 0.1) is 0 Å². The summed E-state index contributed by atoms with van der Waals surface area (Å²) in [5.41, 5.74) is 3.37. The molecule has 7 rings (SSSR count). The van der Waals surface area contributed by atoms with Gasteiger partial charge in [0.2, 0.25) is 5.91 Å². The van der Waals surface area contributed by atoms with Crippen molar-refractivity contribution >= 4 is 11.8 Å². The van der Waals surface area contributed by atoms with E-state index in [0.717, 1.165) is 28.5 Å². The van der Waals surface area contributed by atoms with E-state index in [1.165, 1.54) is 6.20 Å². The van der Waals surface area contributed by atoms with Crippen LogP contribution in [-0.4, -0.2) is 60.6 Å². The van der Waals surface area contributed by atoms with Crippen LogP contribution in [0.5, 0.6) is 28.7 Å². The van der Waals surface area contributed by atoms with E-state index in [1.54, 1.807) is 19.1 Å². The third-order valence-corrected chi connectivity index (χ3v) is 7.98. The predicted molar refractivity (Wildman–Crippen MR) is 165 cm³/mol. The fourth-order valence-electron chi connectivity index (χ4n) is 5.75. The van der Waals surface area contributed by atoms with Gasteiger partial charge in [0.05, 0.1) is 33.1 Å². The molecule has 3 aromatic carbocycles. The summed E-state index contributed by atoms with van der Waals surface area (Å²) in [7, 11) is 3.15. The maximum absolute atomic E-state index is 13.9. The van der Waals surface area contributed by atoms with Crippen molar-refractivity contribution in [3.8, 4) is 28.7 Å². The SMILES string of the molecule is COc1ccc2cc1OCCCNC(=O)CCc1cccc(c1)Oc1cc3c(cc1OC)C2N(C(=O)c1c[nH]c(=O)cn1)CC3. The molecule has 3 aliphatic rings. The van der Waals surface area contributed by atoms with E-state index in [-0.39, 0.29) is 17.5 Å². The molecule has 1 unspecified atom stereocenters. The van der Waals surface area contributed by atoms with E-state index < -0.39 is 11.6 Å². The summed E-state index contributed by atoms with van der Waals surface area (Å²) in [5, 5.41) is 2.96. The van der Waals surface area contributed by atoms with E-state index in [0.29, 0.717) is 74.1 Å². The van der Waals surface area contributed by atoms with Crippen molar-refractivity contribution in [2.24, 2.45) is 0 Å². The van der Waals surface area contributed by atoms with Crippen LogP contribution in [0.3, 0.4) is 0 Å². The first kappa shape index (κ1) is 29.7. The Morgan fingerprint density at radius 2 is 1.84 bits per heavy atom. The largest absolute Gasteiger partial charge is 0.493 e. The quantitative estimate of drug-likeness (QED) is 0.353. The maximum atomic E-state index is 13.9. The molecular formula is C34H34N4O7. The fourth-order valence-corrected chi connectivity index (χ4v) is 5.75. The normalized spacial score (nSPS) is 16.5. The van der Waals surface area contributed by atoms with E-state index in [2.05, 4.69) is 15.3 Å². The Balaban J connectivity index is 1.47. The van der Waals surface area contributed by atoms with Crippen molar-refractivity contribution in [3.63, 3.8) is 0 Å². The highest BCUT2D eigenvalue weighted by Crippen LogP contribution is 2.44. The average molecular weight is 611 g/mol. The van der Waals surface area contributed by atoms with Crippen LogP contribution in [0.4, 0.5) is 0 Å². The second kappa shape index (κ2) is 13.1. The van der Waals surface area contributed by atoms with Gasteiger partial charge < -0.3 is 34.1 Å². The first-order valence-corrected chi connectivity index (χ1v) is 14.8. The zero-order valence-electron chi connectivity index (χ0n) is 25.1. The molecule has 1 atom stereocenters. The van der Waals surface area contributed by atoms with Gasteiger partial charge in [0.1, 0.15) is 11.4 Å². The number of aromatic amines is 1. The number of aromatic nitrogens is 2. The highest BCUT2D eigenvalue weighted by molar-refractivity contribution is 5.93. The lowest BCUT2D eigenvalue weighted by molar-refractivity contribution is -0.121. The molecule has 0 saturated carbocycles. The number of carbonyl (C=O) groups excluding carboxylic acids is 2. The predicted octanol–water partition coefficient (Wildman–Crippen LogP) is 4.20. The van der Waals surface area contributed by atoms with Gasteiger partial charge in [-0.1, -0.05) is 18.2 Å². The summed E-state index contributed by atoms with van der Waals surface area (Å²) in [6, 6.07) is 16.6. The number of amides is 2. The maximum Gasteiger partial charge on any atom is 0.274 e. The molecular weight excluding hydrogens is 576 g/mol. The Labute approximate surface area is 260 Å². The topological polar surface area (TPSA) is 132 Å².